The van der Waals surface area contributed by atoms with Crippen LogP contribution in [0.25, 0.3) is 0 Å². The van der Waals surface area contributed by atoms with Crippen molar-refractivity contribution in [2.45, 2.75) is 26.8 Å². The number of methoxy groups -OCH3 is 2. The maximum Gasteiger partial charge on any atom is 0.322 e. The highest BCUT2D eigenvalue weighted by molar-refractivity contribution is 5.91. The highest BCUT2D eigenvalue weighted by atomic mass is 16.5. The number of hydrogen-bond donors (Lipinski definition) is 1. The van der Waals surface area contributed by atoms with Crippen LogP contribution in [0.1, 0.15) is 22.3 Å². The van der Waals surface area contributed by atoms with E-state index in [4.69, 9.17) is 9.47 Å². The first-order chi connectivity index (χ1) is 12.0. The van der Waals surface area contributed by atoms with Gasteiger partial charge in [-0.25, -0.2) is 4.79 Å². The van der Waals surface area contributed by atoms with Crippen LogP contribution in [0.3, 0.4) is 0 Å². The van der Waals surface area contributed by atoms with Gasteiger partial charge >= 0.3 is 6.03 Å². The third-order valence-corrected chi connectivity index (χ3v) is 4.72. The van der Waals surface area contributed by atoms with Gasteiger partial charge in [0, 0.05) is 18.8 Å². The van der Waals surface area contributed by atoms with Crippen molar-refractivity contribution >= 4 is 11.7 Å². The number of carbonyl (C=O) groups excluding carboxylic acids is 1. The number of nitrogens with one attached hydrogen (secondary N) is 1. The molecule has 2 aromatic rings. The molecular weight excluding hydrogens is 316 g/mol. The van der Waals surface area contributed by atoms with Crippen molar-refractivity contribution in [3.8, 4) is 11.5 Å². The van der Waals surface area contributed by atoms with Crippen molar-refractivity contribution in [3.63, 3.8) is 0 Å². The Labute approximate surface area is 148 Å². The van der Waals surface area contributed by atoms with Crippen LogP contribution < -0.4 is 14.8 Å². The molecular formula is C20H24N2O3. The van der Waals surface area contributed by atoms with Crippen molar-refractivity contribution in [1.29, 1.82) is 0 Å². The van der Waals surface area contributed by atoms with Gasteiger partial charge in [-0.05, 0) is 54.7 Å². The minimum Gasteiger partial charge on any atom is -0.493 e. The Balaban J connectivity index is 1.79. The van der Waals surface area contributed by atoms with Crippen LogP contribution in [-0.2, 0) is 13.0 Å². The van der Waals surface area contributed by atoms with Crippen molar-refractivity contribution in [3.05, 3.63) is 52.6 Å². The molecule has 0 radical (unpaired) electrons. The zero-order chi connectivity index (χ0) is 18.0. The van der Waals surface area contributed by atoms with Gasteiger partial charge in [0.15, 0.2) is 11.5 Å². The monoisotopic (exact) mass is 340 g/mol. The summed E-state index contributed by atoms with van der Waals surface area (Å²) >= 11 is 0. The lowest BCUT2D eigenvalue weighted by atomic mass is 9.99. The average Bonchev–Trinajstić information content (AvgIpc) is 2.62. The molecule has 1 aliphatic rings. The zero-order valence-electron chi connectivity index (χ0n) is 15.2. The van der Waals surface area contributed by atoms with Crippen molar-refractivity contribution in [1.82, 2.24) is 4.90 Å². The third kappa shape index (κ3) is 3.40. The first kappa shape index (κ1) is 17.1. The molecule has 0 saturated carbocycles. The summed E-state index contributed by atoms with van der Waals surface area (Å²) in [7, 11) is 3.26. The van der Waals surface area contributed by atoms with Crippen LogP contribution in [0.4, 0.5) is 10.5 Å². The van der Waals surface area contributed by atoms with E-state index in [1.165, 1.54) is 5.56 Å². The second-order valence-corrected chi connectivity index (χ2v) is 6.34. The minimum atomic E-state index is -0.0714. The average molecular weight is 340 g/mol. The maximum atomic E-state index is 12.7. The summed E-state index contributed by atoms with van der Waals surface area (Å²) in [6.07, 6.45) is 0.801. The molecule has 1 N–H and O–H groups in total. The van der Waals surface area contributed by atoms with Gasteiger partial charge in [-0.2, -0.15) is 0 Å². The molecule has 5 nitrogen and oxygen atoms in total. The van der Waals surface area contributed by atoms with Gasteiger partial charge in [-0.1, -0.05) is 18.2 Å². The Morgan fingerprint density at radius 2 is 1.64 bits per heavy atom. The van der Waals surface area contributed by atoms with Gasteiger partial charge in [0.25, 0.3) is 0 Å². The minimum absolute atomic E-state index is 0.0714. The van der Waals surface area contributed by atoms with E-state index >= 15 is 0 Å². The number of rotatable bonds is 3. The normalized spacial score (nSPS) is 13.2. The molecule has 0 aromatic heterocycles. The standard InChI is InChI=1S/C20H24N2O3/c1-13-6-5-7-14(2)19(13)21-20(23)22-9-8-15-10-17(24-3)18(25-4)11-16(15)12-22/h5-7,10-11H,8-9,12H2,1-4H3,(H,21,23). The fourth-order valence-corrected chi connectivity index (χ4v) is 3.25. The number of anilines is 1. The Morgan fingerprint density at radius 3 is 2.24 bits per heavy atom. The lowest BCUT2D eigenvalue weighted by Gasteiger charge is -2.30. The van der Waals surface area contributed by atoms with Crippen molar-refractivity contribution in [2.24, 2.45) is 0 Å². The summed E-state index contributed by atoms with van der Waals surface area (Å²) in [6.45, 7) is 5.25. The molecule has 1 aliphatic heterocycles. The van der Waals surface area contributed by atoms with Gasteiger partial charge < -0.3 is 19.7 Å². The van der Waals surface area contributed by atoms with Gasteiger partial charge in [0.1, 0.15) is 0 Å². The summed E-state index contributed by atoms with van der Waals surface area (Å²) < 4.78 is 10.7. The molecule has 0 atom stereocenters. The summed E-state index contributed by atoms with van der Waals surface area (Å²) in [5, 5.41) is 3.06. The van der Waals surface area contributed by atoms with E-state index in [-0.39, 0.29) is 6.03 Å². The van der Waals surface area contributed by atoms with E-state index in [0.717, 1.165) is 34.5 Å². The number of para-hydroxylation sites is 1. The van der Waals surface area contributed by atoms with Gasteiger partial charge in [-0.15, -0.1) is 0 Å². The topological polar surface area (TPSA) is 50.8 Å². The number of carbonyl (C=O) groups is 1. The molecule has 0 spiro atoms. The zero-order valence-corrected chi connectivity index (χ0v) is 15.2. The molecule has 1 heterocycles. The Kier molecular flexibility index (Phi) is 4.83. The summed E-state index contributed by atoms with van der Waals surface area (Å²) in [5.41, 5.74) is 5.33. The number of fused-ring (bicyclic) bond motifs is 1. The number of urea groups is 1. The van der Waals surface area contributed by atoms with E-state index in [1.807, 2.05) is 49.1 Å². The molecule has 0 aliphatic carbocycles. The Morgan fingerprint density at radius 1 is 1.04 bits per heavy atom. The smallest absolute Gasteiger partial charge is 0.322 e. The van der Waals surface area contributed by atoms with E-state index in [1.54, 1.807) is 14.2 Å². The predicted octanol–water partition coefficient (Wildman–Crippen LogP) is 3.91. The lowest BCUT2D eigenvalue weighted by Crippen LogP contribution is -2.39. The van der Waals surface area contributed by atoms with Crippen LogP contribution in [0.15, 0.2) is 30.3 Å². The second-order valence-electron chi connectivity index (χ2n) is 6.34. The molecule has 2 aromatic carbocycles. The summed E-state index contributed by atoms with van der Waals surface area (Å²) in [4.78, 5) is 14.6. The molecule has 2 amide bonds. The lowest BCUT2D eigenvalue weighted by molar-refractivity contribution is 0.206. The third-order valence-electron chi connectivity index (χ3n) is 4.72. The van der Waals surface area contributed by atoms with Crippen LogP contribution in [-0.4, -0.2) is 31.7 Å². The van der Waals surface area contributed by atoms with Crippen LogP contribution in [0.5, 0.6) is 11.5 Å². The Bertz CT molecular complexity index is 782. The Hall–Kier alpha value is -2.69. The number of nitrogens with zero attached hydrogens (tertiary/aromatic N) is 1. The van der Waals surface area contributed by atoms with E-state index in [0.29, 0.717) is 18.8 Å². The molecule has 5 heteroatoms. The number of aryl methyl sites for hydroxylation is 2. The number of benzene rings is 2. The van der Waals surface area contributed by atoms with Gasteiger partial charge in [0.05, 0.1) is 14.2 Å². The largest absolute Gasteiger partial charge is 0.493 e. The van der Waals surface area contributed by atoms with E-state index in [2.05, 4.69) is 5.32 Å². The predicted molar refractivity (Wildman–Crippen MR) is 98.6 cm³/mol. The van der Waals surface area contributed by atoms with E-state index < -0.39 is 0 Å². The molecule has 132 valence electrons. The summed E-state index contributed by atoms with van der Waals surface area (Å²) in [6, 6.07) is 9.91. The first-order valence-corrected chi connectivity index (χ1v) is 8.39. The SMILES string of the molecule is COc1cc2c(cc1OC)CN(C(=O)Nc1c(C)cccc1C)CC2. The fourth-order valence-electron chi connectivity index (χ4n) is 3.25. The van der Waals surface area contributed by atoms with Gasteiger partial charge in [-0.3, -0.25) is 0 Å². The van der Waals surface area contributed by atoms with Crippen LogP contribution >= 0.6 is 0 Å². The van der Waals surface area contributed by atoms with Crippen molar-refractivity contribution in [2.75, 3.05) is 26.1 Å². The maximum absolute atomic E-state index is 12.7. The number of ether oxygens (including phenoxy) is 2. The quantitative estimate of drug-likeness (QED) is 0.921. The molecule has 25 heavy (non-hydrogen) atoms. The van der Waals surface area contributed by atoms with Crippen LogP contribution in [0.2, 0.25) is 0 Å². The highest BCUT2D eigenvalue weighted by Gasteiger charge is 2.23. The molecule has 3 rings (SSSR count). The molecule has 0 saturated heterocycles. The van der Waals surface area contributed by atoms with E-state index in [9.17, 15) is 4.79 Å². The molecule has 0 fully saturated rings. The fraction of sp³-hybridized carbons (Fsp3) is 0.350. The number of hydrogen-bond acceptors (Lipinski definition) is 3. The second kappa shape index (κ2) is 7.05. The van der Waals surface area contributed by atoms with Gasteiger partial charge in [0.2, 0.25) is 0 Å². The van der Waals surface area contributed by atoms with Crippen LogP contribution in [0, 0.1) is 13.8 Å². The molecule has 0 unspecified atom stereocenters. The van der Waals surface area contributed by atoms with Crippen molar-refractivity contribution < 1.29 is 14.3 Å². The number of amides is 2. The first-order valence-electron chi connectivity index (χ1n) is 8.39. The molecule has 0 bridgehead atoms. The highest BCUT2D eigenvalue weighted by Crippen LogP contribution is 2.33. The summed E-state index contributed by atoms with van der Waals surface area (Å²) in [5.74, 6) is 1.42.